The number of likely N-dealkylation sites (tertiary alicyclic amines) is 1. The number of hydrogen-bond donors (Lipinski definition) is 1. The van der Waals surface area contributed by atoms with Gasteiger partial charge in [-0.1, -0.05) is 19.8 Å². The molecule has 1 N–H and O–H groups in total. The third-order valence-corrected chi connectivity index (χ3v) is 3.49. The minimum Gasteiger partial charge on any atom is -0.370 e. The highest BCUT2D eigenvalue weighted by Crippen LogP contribution is 2.14. The Balaban J connectivity index is 1.91. The second-order valence-electron chi connectivity index (χ2n) is 5.17. The van der Waals surface area contributed by atoms with E-state index in [4.69, 9.17) is 0 Å². The highest BCUT2D eigenvalue weighted by Gasteiger charge is 2.09. The Morgan fingerprint density at radius 3 is 2.72 bits per heavy atom. The first kappa shape index (κ1) is 13.3. The van der Waals surface area contributed by atoms with Crippen LogP contribution in [0.2, 0.25) is 0 Å². The van der Waals surface area contributed by atoms with Gasteiger partial charge in [-0.2, -0.15) is 0 Å². The van der Waals surface area contributed by atoms with Crippen LogP contribution in [0.15, 0.2) is 18.3 Å². The zero-order chi connectivity index (χ0) is 12.6. The van der Waals surface area contributed by atoms with Crippen molar-refractivity contribution in [2.45, 2.75) is 45.6 Å². The van der Waals surface area contributed by atoms with Gasteiger partial charge >= 0.3 is 0 Å². The summed E-state index contributed by atoms with van der Waals surface area (Å²) in [6.45, 7) is 6.75. The molecular weight excluding hydrogens is 222 g/mol. The molecule has 100 valence electrons. The fraction of sp³-hybridized carbons (Fsp3) is 0.667. The van der Waals surface area contributed by atoms with Crippen LogP contribution in [0.25, 0.3) is 0 Å². The van der Waals surface area contributed by atoms with Gasteiger partial charge < -0.3 is 5.32 Å². The normalized spacial score (nSPS) is 17.4. The van der Waals surface area contributed by atoms with Crippen molar-refractivity contribution in [1.82, 2.24) is 9.88 Å². The largest absolute Gasteiger partial charge is 0.370 e. The lowest BCUT2D eigenvalue weighted by Crippen LogP contribution is -2.24. The van der Waals surface area contributed by atoms with Crippen LogP contribution >= 0.6 is 0 Å². The van der Waals surface area contributed by atoms with Crippen LogP contribution in [-0.4, -0.2) is 29.5 Å². The van der Waals surface area contributed by atoms with Gasteiger partial charge in [0.15, 0.2) is 0 Å². The molecule has 18 heavy (non-hydrogen) atoms. The molecule has 1 fully saturated rings. The molecule has 1 aliphatic heterocycles. The van der Waals surface area contributed by atoms with Crippen molar-refractivity contribution in [3.05, 3.63) is 23.9 Å². The third kappa shape index (κ3) is 4.30. The van der Waals surface area contributed by atoms with Crippen LogP contribution in [0.1, 0.15) is 44.6 Å². The maximum Gasteiger partial charge on any atom is 0.126 e. The zero-order valence-corrected chi connectivity index (χ0v) is 11.5. The molecule has 1 aromatic rings. The Bertz CT molecular complexity index is 343. The van der Waals surface area contributed by atoms with E-state index in [0.717, 1.165) is 25.3 Å². The molecule has 1 aliphatic rings. The summed E-state index contributed by atoms with van der Waals surface area (Å²) in [6.07, 6.45) is 8.56. The molecular formula is C15H25N3. The van der Waals surface area contributed by atoms with Crippen molar-refractivity contribution in [3.63, 3.8) is 0 Å². The molecule has 0 amide bonds. The molecule has 3 nitrogen and oxygen atoms in total. The predicted molar refractivity (Wildman–Crippen MR) is 76.8 cm³/mol. The second-order valence-corrected chi connectivity index (χ2v) is 5.17. The van der Waals surface area contributed by atoms with Crippen LogP contribution in [0.4, 0.5) is 5.82 Å². The summed E-state index contributed by atoms with van der Waals surface area (Å²) in [5.41, 5.74) is 1.38. The number of anilines is 1. The van der Waals surface area contributed by atoms with E-state index in [-0.39, 0.29) is 0 Å². The molecule has 0 aliphatic carbocycles. The third-order valence-electron chi connectivity index (χ3n) is 3.49. The van der Waals surface area contributed by atoms with Gasteiger partial charge in [-0.25, -0.2) is 4.98 Å². The summed E-state index contributed by atoms with van der Waals surface area (Å²) in [6, 6.07) is 4.34. The first-order valence-corrected chi connectivity index (χ1v) is 7.29. The van der Waals surface area contributed by atoms with Crippen molar-refractivity contribution in [3.8, 4) is 0 Å². The summed E-state index contributed by atoms with van der Waals surface area (Å²) in [7, 11) is 0. The lowest BCUT2D eigenvalue weighted by molar-refractivity contribution is 0.277. The van der Waals surface area contributed by atoms with E-state index >= 15 is 0 Å². The second kappa shape index (κ2) is 7.37. The Labute approximate surface area is 111 Å². The Morgan fingerprint density at radius 1 is 1.22 bits per heavy atom. The van der Waals surface area contributed by atoms with E-state index in [0.29, 0.717) is 0 Å². The highest BCUT2D eigenvalue weighted by molar-refractivity contribution is 5.37. The first-order chi connectivity index (χ1) is 8.88. The van der Waals surface area contributed by atoms with E-state index in [9.17, 15) is 0 Å². The molecule has 0 atom stereocenters. The van der Waals surface area contributed by atoms with Crippen LogP contribution < -0.4 is 5.32 Å². The van der Waals surface area contributed by atoms with Gasteiger partial charge in [-0.3, -0.25) is 4.90 Å². The average molecular weight is 247 g/mol. The number of aromatic nitrogens is 1. The Morgan fingerprint density at radius 2 is 2.00 bits per heavy atom. The highest BCUT2D eigenvalue weighted by atomic mass is 15.1. The monoisotopic (exact) mass is 247 g/mol. The van der Waals surface area contributed by atoms with Crippen LogP contribution in [0.5, 0.6) is 0 Å². The van der Waals surface area contributed by atoms with Gasteiger partial charge in [-0.15, -0.1) is 0 Å². The molecule has 0 bridgehead atoms. The molecule has 2 rings (SSSR count). The number of nitrogens with one attached hydrogen (secondary N) is 1. The predicted octanol–water partition coefficient (Wildman–Crippen LogP) is 3.28. The first-order valence-electron chi connectivity index (χ1n) is 7.29. The maximum absolute atomic E-state index is 4.36. The lowest BCUT2D eigenvalue weighted by Gasteiger charge is -2.20. The smallest absolute Gasteiger partial charge is 0.126 e. The number of rotatable bonds is 5. The van der Waals surface area contributed by atoms with E-state index in [2.05, 4.69) is 34.3 Å². The summed E-state index contributed by atoms with van der Waals surface area (Å²) in [5.74, 6) is 1.02. The average Bonchev–Trinajstić information content (AvgIpc) is 2.65. The summed E-state index contributed by atoms with van der Waals surface area (Å²) >= 11 is 0. The van der Waals surface area contributed by atoms with E-state index < -0.39 is 0 Å². The molecule has 2 heterocycles. The molecule has 1 saturated heterocycles. The minimum atomic E-state index is 1.00. The van der Waals surface area contributed by atoms with Crippen LogP contribution in [-0.2, 0) is 6.54 Å². The molecule has 3 heteroatoms. The van der Waals surface area contributed by atoms with Gasteiger partial charge in [0.25, 0.3) is 0 Å². The fourth-order valence-electron chi connectivity index (χ4n) is 2.47. The minimum absolute atomic E-state index is 1.00. The van der Waals surface area contributed by atoms with Gasteiger partial charge in [-0.05, 0) is 50.0 Å². The zero-order valence-electron chi connectivity index (χ0n) is 11.5. The van der Waals surface area contributed by atoms with Crippen molar-refractivity contribution in [2.24, 2.45) is 0 Å². The summed E-state index contributed by atoms with van der Waals surface area (Å²) < 4.78 is 0. The van der Waals surface area contributed by atoms with Crippen molar-refractivity contribution < 1.29 is 0 Å². The van der Waals surface area contributed by atoms with E-state index in [1.165, 1.54) is 44.3 Å². The summed E-state index contributed by atoms with van der Waals surface area (Å²) in [5, 5.41) is 3.35. The molecule has 0 aromatic carbocycles. The van der Waals surface area contributed by atoms with E-state index in [1.54, 1.807) is 0 Å². The number of hydrogen-bond acceptors (Lipinski definition) is 3. The SMILES string of the molecule is CCCNc1cc(CN2CCCCCC2)ccn1. The number of pyridine rings is 1. The summed E-state index contributed by atoms with van der Waals surface area (Å²) in [4.78, 5) is 6.93. The van der Waals surface area contributed by atoms with Gasteiger partial charge in [0.1, 0.15) is 5.82 Å². The van der Waals surface area contributed by atoms with Crippen LogP contribution in [0, 0.1) is 0 Å². The number of nitrogens with zero attached hydrogens (tertiary/aromatic N) is 2. The fourth-order valence-corrected chi connectivity index (χ4v) is 2.47. The van der Waals surface area contributed by atoms with Crippen LogP contribution in [0.3, 0.4) is 0 Å². The molecule has 1 aromatic heterocycles. The standard InChI is InChI=1S/C15H25N3/c1-2-8-16-15-12-14(7-9-17-15)13-18-10-5-3-4-6-11-18/h7,9,12H,2-6,8,10-11,13H2,1H3,(H,16,17). The van der Waals surface area contributed by atoms with Crippen molar-refractivity contribution in [1.29, 1.82) is 0 Å². The molecule has 0 radical (unpaired) electrons. The van der Waals surface area contributed by atoms with Gasteiger partial charge in [0.2, 0.25) is 0 Å². The molecule has 0 spiro atoms. The topological polar surface area (TPSA) is 28.2 Å². The quantitative estimate of drug-likeness (QED) is 0.865. The lowest BCUT2D eigenvalue weighted by atomic mass is 10.2. The van der Waals surface area contributed by atoms with Gasteiger partial charge in [0, 0.05) is 19.3 Å². The van der Waals surface area contributed by atoms with Crippen molar-refractivity contribution >= 4 is 5.82 Å². The van der Waals surface area contributed by atoms with Gasteiger partial charge in [0.05, 0.1) is 0 Å². The van der Waals surface area contributed by atoms with Crippen molar-refractivity contribution in [2.75, 3.05) is 25.0 Å². The molecule has 0 unspecified atom stereocenters. The maximum atomic E-state index is 4.36. The molecule has 0 saturated carbocycles. The Hall–Kier alpha value is -1.09. The van der Waals surface area contributed by atoms with E-state index in [1.807, 2.05) is 6.20 Å². The Kier molecular flexibility index (Phi) is 5.46.